The van der Waals surface area contributed by atoms with Crippen molar-refractivity contribution in [1.82, 2.24) is 9.97 Å². The van der Waals surface area contributed by atoms with E-state index in [9.17, 15) is 0 Å². The Hall–Kier alpha value is -0.423. The maximum absolute atomic E-state index is 5.43. The van der Waals surface area contributed by atoms with Gasteiger partial charge < -0.3 is 4.74 Å². The van der Waals surface area contributed by atoms with Crippen LogP contribution in [0.2, 0.25) is 25.7 Å². The van der Waals surface area contributed by atoms with Crippen molar-refractivity contribution in [3.8, 4) is 6.01 Å². The summed E-state index contributed by atoms with van der Waals surface area (Å²) in [4.78, 5) is 8.07. The predicted molar refractivity (Wildman–Crippen MR) is 63.4 cm³/mol. The van der Waals surface area contributed by atoms with Crippen molar-refractivity contribution < 1.29 is 4.74 Å². The van der Waals surface area contributed by atoms with Gasteiger partial charge in [-0.25, -0.2) is 9.97 Å². The second-order valence-corrected chi connectivity index (χ2v) is 10.9. The normalized spacial score (nSPS) is 11.4. The molecule has 0 aliphatic heterocycles. The molecule has 78 valence electrons. The number of aromatic nitrogens is 2. The van der Waals surface area contributed by atoms with Crippen LogP contribution in [0.5, 0.6) is 6.01 Å². The van der Waals surface area contributed by atoms with Crippen LogP contribution in [0.1, 0.15) is 0 Å². The van der Waals surface area contributed by atoms with Crippen molar-refractivity contribution in [2.24, 2.45) is 0 Å². The van der Waals surface area contributed by atoms with E-state index in [1.54, 1.807) is 12.4 Å². The standard InChI is InChI=1S/C9H15BrN2OSi/c1-14(2,3)5-4-13-9-11-6-8(10)7-12-9/h6-7H,4-5H2,1-3H3. The highest BCUT2D eigenvalue weighted by molar-refractivity contribution is 9.10. The van der Waals surface area contributed by atoms with Crippen LogP contribution < -0.4 is 4.74 Å². The third-order valence-corrected chi connectivity index (χ3v) is 3.79. The number of hydrogen-bond acceptors (Lipinski definition) is 3. The van der Waals surface area contributed by atoms with Gasteiger partial charge in [0.15, 0.2) is 0 Å². The SMILES string of the molecule is C[Si](C)(C)CCOc1ncc(Br)cn1. The Balaban J connectivity index is 2.35. The summed E-state index contributed by atoms with van der Waals surface area (Å²) in [7, 11) is -1.01. The third kappa shape index (κ3) is 4.71. The molecule has 0 spiro atoms. The monoisotopic (exact) mass is 274 g/mol. The van der Waals surface area contributed by atoms with Crippen molar-refractivity contribution in [2.75, 3.05) is 6.61 Å². The van der Waals surface area contributed by atoms with Gasteiger partial charge in [-0.05, 0) is 22.0 Å². The van der Waals surface area contributed by atoms with Crippen LogP contribution >= 0.6 is 15.9 Å². The van der Waals surface area contributed by atoms with E-state index in [4.69, 9.17) is 4.74 Å². The molecule has 14 heavy (non-hydrogen) atoms. The van der Waals surface area contributed by atoms with Crippen molar-refractivity contribution in [1.29, 1.82) is 0 Å². The molecular weight excluding hydrogens is 260 g/mol. The number of nitrogens with zero attached hydrogens (tertiary/aromatic N) is 2. The molecule has 0 N–H and O–H groups in total. The minimum absolute atomic E-state index is 0.464. The molecule has 5 heteroatoms. The lowest BCUT2D eigenvalue weighted by Crippen LogP contribution is -2.22. The van der Waals surface area contributed by atoms with E-state index in [1.165, 1.54) is 0 Å². The Bertz CT molecular complexity index is 284. The quantitative estimate of drug-likeness (QED) is 0.792. The van der Waals surface area contributed by atoms with E-state index in [0.717, 1.165) is 17.1 Å². The van der Waals surface area contributed by atoms with Gasteiger partial charge in [-0.1, -0.05) is 19.6 Å². The van der Waals surface area contributed by atoms with E-state index in [1.807, 2.05) is 0 Å². The van der Waals surface area contributed by atoms with E-state index < -0.39 is 8.07 Å². The van der Waals surface area contributed by atoms with Crippen LogP contribution in [0.15, 0.2) is 16.9 Å². The smallest absolute Gasteiger partial charge is 0.316 e. The first-order valence-corrected chi connectivity index (χ1v) is 9.08. The molecule has 0 aromatic carbocycles. The minimum Gasteiger partial charge on any atom is -0.464 e. The molecule has 3 nitrogen and oxygen atoms in total. The van der Waals surface area contributed by atoms with Gasteiger partial charge in [0, 0.05) is 20.5 Å². The molecule has 0 saturated heterocycles. The molecule has 0 unspecified atom stereocenters. The summed E-state index contributed by atoms with van der Waals surface area (Å²) in [5, 5.41) is 0. The summed E-state index contributed by atoms with van der Waals surface area (Å²) >= 11 is 3.27. The van der Waals surface area contributed by atoms with Crippen molar-refractivity contribution >= 4 is 24.0 Å². The fourth-order valence-electron chi connectivity index (χ4n) is 0.823. The maximum Gasteiger partial charge on any atom is 0.316 e. The molecule has 0 aliphatic carbocycles. The zero-order valence-electron chi connectivity index (χ0n) is 8.75. The van der Waals surface area contributed by atoms with Crippen LogP contribution in [0.4, 0.5) is 0 Å². The van der Waals surface area contributed by atoms with E-state index in [0.29, 0.717) is 6.01 Å². The molecule has 0 radical (unpaired) electrons. The molecule has 1 aromatic rings. The predicted octanol–water partition coefficient (Wildman–Crippen LogP) is 2.96. The summed E-state index contributed by atoms with van der Waals surface area (Å²) in [6, 6.07) is 1.60. The van der Waals surface area contributed by atoms with Crippen LogP contribution in [0.3, 0.4) is 0 Å². The molecule has 1 aromatic heterocycles. The highest BCUT2D eigenvalue weighted by Crippen LogP contribution is 2.11. The lowest BCUT2D eigenvalue weighted by atomic mass is 10.7. The Morgan fingerprint density at radius 1 is 1.29 bits per heavy atom. The van der Waals surface area contributed by atoms with Gasteiger partial charge in [0.2, 0.25) is 0 Å². The lowest BCUT2D eigenvalue weighted by Gasteiger charge is -2.14. The highest BCUT2D eigenvalue weighted by atomic mass is 79.9. The van der Waals surface area contributed by atoms with Gasteiger partial charge in [-0.15, -0.1) is 0 Å². The summed E-state index contributed by atoms with van der Waals surface area (Å²) in [6.07, 6.45) is 3.38. The van der Waals surface area contributed by atoms with Crippen molar-refractivity contribution in [3.63, 3.8) is 0 Å². The molecule has 1 heterocycles. The molecule has 0 fully saturated rings. The van der Waals surface area contributed by atoms with Crippen LogP contribution in [-0.2, 0) is 0 Å². The summed E-state index contributed by atoms with van der Waals surface area (Å²) in [6.45, 7) is 7.67. The van der Waals surface area contributed by atoms with E-state index in [2.05, 4.69) is 45.5 Å². The lowest BCUT2D eigenvalue weighted by molar-refractivity contribution is 0.310. The van der Waals surface area contributed by atoms with Gasteiger partial charge >= 0.3 is 6.01 Å². The Kier molecular flexibility index (Phi) is 4.06. The Morgan fingerprint density at radius 2 is 1.86 bits per heavy atom. The van der Waals surface area contributed by atoms with E-state index in [-0.39, 0.29) is 0 Å². The fraction of sp³-hybridized carbons (Fsp3) is 0.556. The zero-order valence-corrected chi connectivity index (χ0v) is 11.3. The molecule has 0 aliphatic rings. The van der Waals surface area contributed by atoms with E-state index >= 15 is 0 Å². The first kappa shape index (κ1) is 11.7. The molecule has 1 rings (SSSR count). The molecule has 0 atom stereocenters. The second kappa shape index (κ2) is 4.88. The molecule has 0 amide bonds. The largest absolute Gasteiger partial charge is 0.464 e. The second-order valence-electron chi connectivity index (χ2n) is 4.34. The van der Waals surface area contributed by atoms with Crippen LogP contribution in [-0.4, -0.2) is 24.6 Å². The number of rotatable bonds is 4. The first-order chi connectivity index (χ1) is 6.47. The van der Waals surface area contributed by atoms with Gasteiger partial charge in [-0.2, -0.15) is 0 Å². The number of halogens is 1. The third-order valence-electron chi connectivity index (χ3n) is 1.68. The molecule has 0 saturated carbocycles. The van der Waals surface area contributed by atoms with Gasteiger partial charge in [0.25, 0.3) is 0 Å². The fourth-order valence-corrected chi connectivity index (χ4v) is 1.74. The van der Waals surface area contributed by atoms with Crippen molar-refractivity contribution in [2.45, 2.75) is 25.7 Å². The van der Waals surface area contributed by atoms with Gasteiger partial charge in [0.05, 0.1) is 11.1 Å². The summed E-state index contributed by atoms with van der Waals surface area (Å²) in [5.41, 5.74) is 0. The molecular formula is C9H15BrN2OSi. The number of ether oxygens (including phenoxy) is 1. The summed E-state index contributed by atoms with van der Waals surface area (Å²) in [5.74, 6) is 0. The Morgan fingerprint density at radius 3 is 2.36 bits per heavy atom. The topological polar surface area (TPSA) is 35.0 Å². The molecule has 0 bridgehead atoms. The van der Waals surface area contributed by atoms with Crippen LogP contribution in [0, 0.1) is 0 Å². The number of hydrogen-bond donors (Lipinski definition) is 0. The first-order valence-electron chi connectivity index (χ1n) is 4.58. The summed E-state index contributed by atoms with van der Waals surface area (Å²) < 4.78 is 6.30. The average Bonchev–Trinajstić information content (AvgIpc) is 2.06. The van der Waals surface area contributed by atoms with Crippen molar-refractivity contribution in [3.05, 3.63) is 16.9 Å². The minimum atomic E-state index is -1.01. The van der Waals surface area contributed by atoms with Gasteiger partial charge in [-0.3, -0.25) is 0 Å². The van der Waals surface area contributed by atoms with Gasteiger partial charge in [0.1, 0.15) is 0 Å². The average molecular weight is 275 g/mol. The zero-order chi connectivity index (χ0) is 10.6. The Labute approximate surface area is 94.1 Å². The maximum atomic E-state index is 5.43. The van der Waals surface area contributed by atoms with Crippen LogP contribution in [0.25, 0.3) is 0 Å². The highest BCUT2D eigenvalue weighted by Gasteiger charge is 2.12.